The van der Waals surface area contributed by atoms with Crippen molar-refractivity contribution >= 4 is 35.7 Å². The zero-order valence-electron chi connectivity index (χ0n) is 15.4. The molecule has 6 nitrogen and oxygen atoms in total. The minimum atomic E-state index is -0.912. The van der Waals surface area contributed by atoms with E-state index >= 15 is 0 Å². The normalized spacial score (nSPS) is 19.6. The van der Waals surface area contributed by atoms with Crippen molar-refractivity contribution in [3.63, 3.8) is 0 Å². The fourth-order valence-electron chi connectivity index (χ4n) is 2.76. The summed E-state index contributed by atoms with van der Waals surface area (Å²) in [4.78, 5) is 11.5. The molecular weight excluding hydrogens is 438 g/mol. The molecule has 0 bridgehead atoms. The number of carboxylic acid groups (broad SMARTS) is 1. The van der Waals surface area contributed by atoms with Crippen LogP contribution in [0.4, 0.5) is 0 Å². The van der Waals surface area contributed by atoms with E-state index in [2.05, 4.69) is 22.6 Å². The Morgan fingerprint density at radius 1 is 1.20 bits per heavy atom. The number of benzene rings is 1. The first kappa shape index (κ1) is 20.3. The molecule has 1 fully saturated rings. The Hall–Kier alpha value is -0.995. The number of hydrogen-bond acceptors (Lipinski definition) is 5. The van der Waals surface area contributed by atoms with Gasteiger partial charge in [-0.3, -0.25) is 4.79 Å². The summed E-state index contributed by atoms with van der Waals surface area (Å²) in [7, 11) is 2.47. The van der Waals surface area contributed by atoms with Crippen molar-refractivity contribution in [2.45, 2.75) is 51.1 Å². The molecule has 0 aromatic heterocycles. The predicted molar refractivity (Wildman–Crippen MR) is 103 cm³/mol. The average Bonchev–Trinajstić information content (AvgIpc) is 2.71. The lowest BCUT2D eigenvalue weighted by Gasteiger charge is -2.32. The van der Waals surface area contributed by atoms with Crippen LogP contribution in [-0.2, 0) is 14.1 Å². The largest absolute Gasteiger partial charge is 0.493 e. The number of aliphatic carboxylic acids is 1. The van der Waals surface area contributed by atoms with E-state index in [-0.39, 0.29) is 6.42 Å². The lowest BCUT2D eigenvalue weighted by molar-refractivity contribution is -0.137. The first-order valence-electron chi connectivity index (χ1n) is 8.01. The Balaban J connectivity index is 2.46. The van der Waals surface area contributed by atoms with Gasteiger partial charge in [-0.15, -0.1) is 0 Å². The molecule has 138 valence electrons. The van der Waals surface area contributed by atoms with Gasteiger partial charge in [0.25, 0.3) is 0 Å². The lowest BCUT2D eigenvalue weighted by Crippen LogP contribution is -2.41. The second kappa shape index (κ2) is 7.32. The molecule has 8 heteroatoms. The van der Waals surface area contributed by atoms with E-state index in [1.54, 1.807) is 20.3 Å². The summed E-state index contributed by atoms with van der Waals surface area (Å²) in [6, 6.07) is 3.68. The number of rotatable bonds is 6. The van der Waals surface area contributed by atoms with Crippen molar-refractivity contribution in [3.05, 3.63) is 21.3 Å². The molecule has 1 aromatic carbocycles. The van der Waals surface area contributed by atoms with Crippen LogP contribution in [0.2, 0.25) is 0 Å². The van der Waals surface area contributed by atoms with Gasteiger partial charge in [0.2, 0.25) is 0 Å². The van der Waals surface area contributed by atoms with Gasteiger partial charge in [0, 0.05) is 5.82 Å². The SMILES string of the molecule is COc1cc(C(CC(=O)O)B2OC(C)(C)C(C)(C)O2)cc(I)c1OC. The number of carboxylic acids is 1. The van der Waals surface area contributed by atoms with Gasteiger partial charge in [-0.25, -0.2) is 0 Å². The van der Waals surface area contributed by atoms with Gasteiger partial charge in [0.05, 0.1) is 35.4 Å². The van der Waals surface area contributed by atoms with Crippen molar-refractivity contribution in [2.24, 2.45) is 0 Å². The highest BCUT2D eigenvalue weighted by Gasteiger charge is 2.54. The van der Waals surface area contributed by atoms with Gasteiger partial charge in [-0.05, 0) is 68.0 Å². The summed E-state index contributed by atoms with van der Waals surface area (Å²) in [6.45, 7) is 7.79. The highest BCUT2D eigenvalue weighted by Crippen LogP contribution is 2.43. The summed E-state index contributed by atoms with van der Waals surface area (Å²) in [6.07, 6.45) is -0.109. The Labute approximate surface area is 162 Å². The van der Waals surface area contributed by atoms with Crippen LogP contribution >= 0.6 is 22.6 Å². The maximum absolute atomic E-state index is 11.5. The van der Waals surface area contributed by atoms with Crippen LogP contribution < -0.4 is 9.47 Å². The molecule has 1 unspecified atom stereocenters. The van der Waals surface area contributed by atoms with Crippen molar-refractivity contribution in [1.29, 1.82) is 0 Å². The third kappa shape index (κ3) is 4.06. The first-order valence-corrected chi connectivity index (χ1v) is 9.09. The van der Waals surface area contributed by atoms with E-state index in [0.717, 1.165) is 9.13 Å². The molecule has 2 rings (SSSR count). The van der Waals surface area contributed by atoms with E-state index in [0.29, 0.717) is 11.5 Å². The van der Waals surface area contributed by atoms with Gasteiger partial charge >= 0.3 is 13.1 Å². The zero-order chi connectivity index (χ0) is 19.0. The number of carbonyl (C=O) groups is 1. The van der Waals surface area contributed by atoms with Gasteiger partial charge in [0.15, 0.2) is 11.5 Å². The molecule has 1 saturated heterocycles. The van der Waals surface area contributed by atoms with Gasteiger partial charge in [-0.2, -0.15) is 0 Å². The molecule has 1 aromatic rings. The summed E-state index contributed by atoms with van der Waals surface area (Å²) in [5.74, 6) is -0.206. The Morgan fingerprint density at radius 3 is 2.20 bits per heavy atom. The Kier molecular flexibility index (Phi) is 5.95. The van der Waals surface area contributed by atoms with Gasteiger partial charge in [0.1, 0.15) is 0 Å². The topological polar surface area (TPSA) is 74.2 Å². The average molecular weight is 462 g/mol. The number of hydrogen-bond donors (Lipinski definition) is 1. The molecule has 0 saturated carbocycles. The van der Waals surface area contributed by atoms with Gasteiger partial charge in [-0.1, -0.05) is 0 Å². The second-order valence-electron chi connectivity index (χ2n) is 7.07. The standard InChI is InChI=1S/C17H24BIO6/c1-16(2)17(3,4)25-18(24-16)11(9-14(20)21)10-7-12(19)15(23-6)13(8-10)22-5/h7-8,11H,9H2,1-6H3,(H,20,21). The van der Waals surface area contributed by atoms with E-state index in [9.17, 15) is 9.90 Å². The minimum absolute atomic E-state index is 0.109. The lowest BCUT2D eigenvalue weighted by atomic mass is 9.66. The molecule has 1 heterocycles. The monoisotopic (exact) mass is 462 g/mol. The van der Waals surface area contributed by atoms with Crippen molar-refractivity contribution < 1.29 is 28.7 Å². The maximum atomic E-state index is 11.5. The van der Waals surface area contributed by atoms with Crippen LogP contribution in [-0.4, -0.2) is 43.6 Å². The van der Waals surface area contributed by atoms with E-state index < -0.39 is 30.1 Å². The Morgan fingerprint density at radius 2 is 1.76 bits per heavy atom. The van der Waals surface area contributed by atoms with Crippen LogP contribution in [0.5, 0.6) is 11.5 Å². The van der Waals surface area contributed by atoms with E-state index in [4.69, 9.17) is 18.8 Å². The molecular formula is C17H24BIO6. The molecule has 0 spiro atoms. The quantitative estimate of drug-likeness (QED) is 0.516. The maximum Gasteiger partial charge on any atom is 0.466 e. The van der Waals surface area contributed by atoms with Gasteiger partial charge < -0.3 is 23.9 Å². The van der Waals surface area contributed by atoms with Crippen LogP contribution in [0.15, 0.2) is 12.1 Å². The molecule has 1 atom stereocenters. The highest BCUT2D eigenvalue weighted by molar-refractivity contribution is 14.1. The molecule has 0 aliphatic carbocycles. The molecule has 1 N–H and O–H groups in total. The summed E-state index contributed by atoms with van der Waals surface area (Å²) in [5.41, 5.74) is -0.279. The molecule has 25 heavy (non-hydrogen) atoms. The van der Waals surface area contributed by atoms with Crippen molar-refractivity contribution in [3.8, 4) is 11.5 Å². The highest BCUT2D eigenvalue weighted by atomic mass is 127. The zero-order valence-corrected chi connectivity index (χ0v) is 17.5. The smallest absolute Gasteiger partial charge is 0.466 e. The minimum Gasteiger partial charge on any atom is -0.493 e. The first-order chi connectivity index (χ1) is 11.5. The van der Waals surface area contributed by atoms with E-state index in [1.807, 2.05) is 33.8 Å². The van der Waals surface area contributed by atoms with Crippen LogP contribution in [0.1, 0.15) is 45.5 Å². The third-order valence-electron chi connectivity index (χ3n) is 4.88. The summed E-state index contributed by atoms with van der Waals surface area (Å²) >= 11 is 2.14. The third-order valence-corrected chi connectivity index (χ3v) is 5.68. The molecule has 1 aliphatic rings. The fourth-order valence-corrected chi connectivity index (χ4v) is 3.61. The summed E-state index contributed by atoms with van der Waals surface area (Å²) in [5, 5.41) is 9.39. The number of methoxy groups -OCH3 is 2. The summed E-state index contributed by atoms with van der Waals surface area (Å²) < 4.78 is 23.8. The molecule has 0 radical (unpaired) electrons. The van der Waals surface area contributed by atoms with Crippen LogP contribution in [0, 0.1) is 3.57 Å². The van der Waals surface area contributed by atoms with Crippen molar-refractivity contribution in [1.82, 2.24) is 0 Å². The molecule has 1 aliphatic heterocycles. The second-order valence-corrected chi connectivity index (χ2v) is 8.23. The predicted octanol–water partition coefficient (Wildman–Crippen LogP) is 3.50. The molecule has 0 amide bonds. The number of ether oxygens (including phenoxy) is 2. The number of halogens is 1. The van der Waals surface area contributed by atoms with Crippen molar-refractivity contribution in [2.75, 3.05) is 14.2 Å². The fraction of sp³-hybridized carbons (Fsp3) is 0.588. The van der Waals surface area contributed by atoms with Crippen LogP contribution in [0.25, 0.3) is 0 Å². The Bertz CT molecular complexity index is 645. The van der Waals surface area contributed by atoms with E-state index in [1.165, 1.54) is 0 Å². The van der Waals surface area contributed by atoms with Crippen LogP contribution in [0.3, 0.4) is 0 Å².